The number of likely N-dealkylation sites (tertiary alicyclic amines) is 1. The van der Waals surface area contributed by atoms with Crippen LogP contribution in [-0.4, -0.2) is 50.3 Å². The topological polar surface area (TPSA) is 58.4 Å². The summed E-state index contributed by atoms with van der Waals surface area (Å²) in [6.45, 7) is 1.59. The molecule has 0 aliphatic carbocycles. The van der Waals surface area contributed by atoms with Gasteiger partial charge in [-0.2, -0.15) is 11.3 Å². The van der Waals surface area contributed by atoms with E-state index in [1.54, 1.807) is 6.20 Å². The SMILES string of the molecule is O=C(c1ccsc1)N1C[C@@H]2[C@H](C1)N(Cc1ccccn1)C(=O)c1cccn12. The van der Waals surface area contributed by atoms with E-state index in [1.807, 2.05) is 67.7 Å². The first kappa shape index (κ1) is 16.3. The van der Waals surface area contributed by atoms with Gasteiger partial charge in [0.15, 0.2) is 0 Å². The third-order valence-corrected chi connectivity index (χ3v) is 6.07. The van der Waals surface area contributed by atoms with Crippen LogP contribution in [0.15, 0.2) is 59.6 Å². The van der Waals surface area contributed by atoms with Crippen LogP contribution >= 0.6 is 11.3 Å². The Morgan fingerprint density at radius 3 is 2.81 bits per heavy atom. The van der Waals surface area contributed by atoms with Gasteiger partial charge in [-0.25, -0.2) is 0 Å². The molecule has 1 saturated heterocycles. The molecule has 136 valence electrons. The van der Waals surface area contributed by atoms with E-state index in [0.29, 0.717) is 30.9 Å². The van der Waals surface area contributed by atoms with Crippen molar-refractivity contribution in [3.63, 3.8) is 0 Å². The summed E-state index contributed by atoms with van der Waals surface area (Å²) in [5.41, 5.74) is 2.25. The molecule has 0 saturated carbocycles. The highest BCUT2D eigenvalue weighted by molar-refractivity contribution is 7.08. The quantitative estimate of drug-likeness (QED) is 0.704. The second-order valence-corrected chi connectivity index (χ2v) is 7.69. The molecule has 3 aromatic rings. The van der Waals surface area contributed by atoms with Gasteiger partial charge in [-0.1, -0.05) is 6.07 Å². The van der Waals surface area contributed by atoms with Crippen molar-refractivity contribution in [2.24, 2.45) is 0 Å². The van der Waals surface area contributed by atoms with Crippen molar-refractivity contribution in [1.82, 2.24) is 19.4 Å². The smallest absolute Gasteiger partial charge is 0.271 e. The van der Waals surface area contributed by atoms with Crippen molar-refractivity contribution in [3.8, 4) is 0 Å². The molecule has 1 fully saturated rings. The first-order valence-electron chi connectivity index (χ1n) is 8.91. The first-order valence-corrected chi connectivity index (χ1v) is 9.86. The molecule has 2 aliphatic heterocycles. The standard InChI is InChI=1S/C20H18N4O2S/c25-19(14-6-9-27-13-14)22-11-17-18(12-22)24(10-15-4-1-2-7-21-15)20(26)16-5-3-8-23(16)17/h1-9,13,17-18H,10-12H2/t17-,18+/m1/s1. The summed E-state index contributed by atoms with van der Waals surface area (Å²) in [4.78, 5) is 34.1. The Hall–Kier alpha value is -2.93. The molecule has 2 amide bonds. The monoisotopic (exact) mass is 378 g/mol. The van der Waals surface area contributed by atoms with Crippen LogP contribution in [0.5, 0.6) is 0 Å². The molecule has 0 N–H and O–H groups in total. The third kappa shape index (κ3) is 2.66. The van der Waals surface area contributed by atoms with Gasteiger partial charge in [0, 0.05) is 30.9 Å². The lowest BCUT2D eigenvalue weighted by atomic mass is 10.1. The normalized spacial score (nSPS) is 21.3. The molecule has 3 aromatic heterocycles. The number of fused-ring (bicyclic) bond motifs is 3. The molecule has 5 heterocycles. The number of pyridine rings is 1. The average molecular weight is 378 g/mol. The van der Waals surface area contributed by atoms with E-state index in [4.69, 9.17) is 0 Å². The second kappa shape index (κ2) is 6.35. The van der Waals surface area contributed by atoms with Crippen molar-refractivity contribution in [2.45, 2.75) is 18.6 Å². The van der Waals surface area contributed by atoms with Gasteiger partial charge in [0.05, 0.1) is 29.9 Å². The number of thiophene rings is 1. The van der Waals surface area contributed by atoms with Gasteiger partial charge in [-0.3, -0.25) is 14.6 Å². The summed E-state index contributed by atoms with van der Waals surface area (Å²) in [6, 6.07) is 11.3. The van der Waals surface area contributed by atoms with Crippen LogP contribution in [0.1, 0.15) is 32.6 Å². The van der Waals surface area contributed by atoms with Gasteiger partial charge in [0.2, 0.25) is 0 Å². The first-order chi connectivity index (χ1) is 13.2. The summed E-state index contributed by atoms with van der Waals surface area (Å²) in [7, 11) is 0. The molecule has 5 rings (SSSR count). The van der Waals surface area contributed by atoms with Gasteiger partial charge < -0.3 is 14.4 Å². The fourth-order valence-electron chi connectivity index (χ4n) is 4.10. The van der Waals surface area contributed by atoms with Gasteiger partial charge in [0.25, 0.3) is 11.8 Å². The molecular formula is C20H18N4O2S. The lowest BCUT2D eigenvalue weighted by Gasteiger charge is -2.37. The Morgan fingerprint density at radius 1 is 1.15 bits per heavy atom. The fraction of sp³-hybridized carbons (Fsp3) is 0.250. The summed E-state index contributed by atoms with van der Waals surface area (Å²) < 4.78 is 2.03. The van der Waals surface area contributed by atoms with Crippen molar-refractivity contribution in [3.05, 3.63) is 76.5 Å². The Balaban J connectivity index is 1.48. The van der Waals surface area contributed by atoms with Crippen LogP contribution in [0.3, 0.4) is 0 Å². The van der Waals surface area contributed by atoms with Gasteiger partial charge in [-0.15, -0.1) is 0 Å². The molecule has 0 unspecified atom stereocenters. The predicted molar refractivity (Wildman–Crippen MR) is 102 cm³/mol. The molecule has 0 bridgehead atoms. The summed E-state index contributed by atoms with van der Waals surface area (Å²) in [5.74, 6) is 0.0290. The highest BCUT2D eigenvalue weighted by atomic mass is 32.1. The Labute approximate surface area is 160 Å². The van der Waals surface area contributed by atoms with Crippen molar-refractivity contribution >= 4 is 23.2 Å². The zero-order valence-electron chi connectivity index (χ0n) is 14.6. The van der Waals surface area contributed by atoms with Crippen LogP contribution in [0, 0.1) is 0 Å². The van der Waals surface area contributed by atoms with E-state index >= 15 is 0 Å². The minimum Gasteiger partial charge on any atom is -0.337 e. The molecule has 0 radical (unpaired) electrons. The molecular weight excluding hydrogens is 360 g/mol. The second-order valence-electron chi connectivity index (χ2n) is 6.91. The lowest BCUT2D eigenvalue weighted by molar-refractivity contribution is 0.0547. The Bertz CT molecular complexity index is 983. The summed E-state index contributed by atoms with van der Waals surface area (Å²) in [5, 5.41) is 3.79. The van der Waals surface area contributed by atoms with E-state index in [-0.39, 0.29) is 23.9 Å². The number of hydrogen-bond acceptors (Lipinski definition) is 4. The largest absolute Gasteiger partial charge is 0.337 e. The zero-order valence-corrected chi connectivity index (χ0v) is 15.4. The number of carbonyl (C=O) groups is 2. The maximum Gasteiger partial charge on any atom is 0.271 e. The van der Waals surface area contributed by atoms with E-state index < -0.39 is 0 Å². The average Bonchev–Trinajstić information content (AvgIpc) is 3.45. The van der Waals surface area contributed by atoms with Crippen molar-refractivity contribution in [1.29, 1.82) is 0 Å². The van der Waals surface area contributed by atoms with Crippen LogP contribution in [0.25, 0.3) is 0 Å². The van der Waals surface area contributed by atoms with Gasteiger partial charge in [0.1, 0.15) is 5.69 Å². The van der Waals surface area contributed by atoms with Crippen molar-refractivity contribution in [2.75, 3.05) is 13.1 Å². The molecule has 0 spiro atoms. The maximum absolute atomic E-state index is 13.1. The summed E-state index contributed by atoms with van der Waals surface area (Å²) >= 11 is 1.52. The Morgan fingerprint density at radius 2 is 2.04 bits per heavy atom. The molecule has 0 aromatic carbocycles. The minimum absolute atomic E-state index is 0.00302. The van der Waals surface area contributed by atoms with Crippen molar-refractivity contribution < 1.29 is 9.59 Å². The molecule has 27 heavy (non-hydrogen) atoms. The number of hydrogen-bond donors (Lipinski definition) is 0. The zero-order chi connectivity index (χ0) is 18.4. The number of amides is 2. The highest BCUT2D eigenvalue weighted by Gasteiger charge is 2.46. The number of rotatable bonds is 3. The van der Waals surface area contributed by atoms with Crippen LogP contribution < -0.4 is 0 Å². The van der Waals surface area contributed by atoms with E-state index in [1.165, 1.54) is 11.3 Å². The number of nitrogens with zero attached hydrogens (tertiary/aromatic N) is 4. The van der Waals surface area contributed by atoms with Crippen LogP contribution in [-0.2, 0) is 6.54 Å². The molecule has 2 atom stereocenters. The summed E-state index contributed by atoms with van der Waals surface area (Å²) in [6.07, 6.45) is 3.69. The minimum atomic E-state index is -0.0537. The fourth-order valence-corrected chi connectivity index (χ4v) is 4.73. The van der Waals surface area contributed by atoms with E-state index in [2.05, 4.69) is 4.98 Å². The Kier molecular flexibility index (Phi) is 3.82. The highest BCUT2D eigenvalue weighted by Crippen LogP contribution is 2.35. The van der Waals surface area contributed by atoms with E-state index in [9.17, 15) is 9.59 Å². The van der Waals surface area contributed by atoms with Gasteiger partial charge in [-0.05, 0) is 35.7 Å². The molecule has 2 aliphatic rings. The predicted octanol–water partition coefficient (Wildman–Crippen LogP) is 2.67. The number of carbonyl (C=O) groups excluding carboxylic acids is 2. The van der Waals surface area contributed by atoms with Gasteiger partial charge >= 0.3 is 0 Å². The van der Waals surface area contributed by atoms with Crippen LogP contribution in [0.2, 0.25) is 0 Å². The number of aromatic nitrogens is 2. The van der Waals surface area contributed by atoms with E-state index in [0.717, 1.165) is 5.69 Å². The molecule has 6 nitrogen and oxygen atoms in total. The third-order valence-electron chi connectivity index (χ3n) is 5.39. The maximum atomic E-state index is 13.1. The molecule has 7 heteroatoms. The lowest BCUT2D eigenvalue weighted by Crippen LogP contribution is -2.50. The van der Waals surface area contributed by atoms with Crippen LogP contribution in [0.4, 0.5) is 0 Å².